The summed E-state index contributed by atoms with van der Waals surface area (Å²) in [6.07, 6.45) is 1.56. The van der Waals surface area contributed by atoms with Gasteiger partial charge in [-0.25, -0.2) is 9.78 Å². The molecule has 1 amide bonds. The number of pyridine rings is 1. The number of rotatable bonds is 7. The number of esters is 1. The lowest BCUT2D eigenvalue weighted by atomic mass is 10.1. The van der Waals surface area contributed by atoms with Crippen molar-refractivity contribution in [3.63, 3.8) is 0 Å². The molecule has 1 N–H and O–H groups in total. The third-order valence-electron chi connectivity index (χ3n) is 4.19. The minimum Gasteiger partial charge on any atom is -0.462 e. The third kappa shape index (κ3) is 4.22. The summed E-state index contributed by atoms with van der Waals surface area (Å²) in [5, 5.41) is 3.34. The average molecular weight is 375 g/mol. The number of thiophene rings is 1. The van der Waals surface area contributed by atoms with E-state index in [0.29, 0.717) is 16.1 Å². The molecule has 0 aliphatic carbocycles. The molecule has 0 unspecified atom stereocenters. The van der Waals surface area contributed by atoms with Crippen LogP contribution >= 0.6 is 11.3 Å². The van der Waals surface area contributed by atoms with Crippen molar-refractivity contribution in [1.82, 2.24) is 4.98 Å². The summed E-state index contributed by atoms with van der Waals surface area (Å²) in [6.45, 7) is 11.6. The van der Waals surface area contributed by atoms with Gasteiger partial charge in [-0.1, -0.05) is 0 Å². The van der Waals surface area contributed by atoms with Gasteiger partial charge in [0.05, 0.1) is 17.7 Å². The molecule has 0 atom stereocenters. The second kappa shape index (κ2) is 8.80. The fourth-order valence-corrected chi connectivity index (χ4v) is 3.64. The Bertz CT molecular complexity index is 780. The summed E-state index contributed by atoms with van der Waals surface area (Å²) in [5.41, 5.74) is 1.70. The quantitative estimate of drug-likeness (QED) is 0.740. The number of amides is 1. The summed E-state index contributed by atoms with van der Waals surface area (Å²) in [5.74, 6) is 0.122. The Morgan fingerprint density at radius 3 is 2.42 bits per heavy atom. The maximum Gasteiger partial charge on any atom is 0.341 e. The topological polar surface area (TPSA) is 71.5 Å². The Kier molecular flexibility index (Phi) is 6.74. The van der Waals surface area contributed by atoms with E-state index in [9.17, 15) is 9.59 Å². The summed E-state index contributed by atoms with van der Waals surface area (Å²) in [6, 6.07) is 3.58. The van der Waals surface area contributed by atoms with E-state index >= 15 is 0 Å². The predicted molar refractivity (Wildman–Crippen MR) is 106 cm³/mol. The lowest BCUT2D eigenvalue weighted by Gasteiger charge is -2.19. The molecule has 0 radical (unpaired) electrons. The molecule has 2 rings (SSSR count). The van der Waals surface area contributed by atoms with Crippen LogP contribution in [0.5, 0.6) is 0 Å². The second-order valence-corrected chi connectivity index (χ2v) is 6.96. The van der Waals surface area contributed by atoms with Crippen molar-refractivity contribution in [2.45, 2.75) is 34.6 Å². The molecule has 0 saturated carbocycles. The van der Waals surface area contributed by atoms with Gasteiger partial charge in [-0.3, -0.25) is 4.79 Å². The molecule has 140 valence electrons. The van der Waals surface area contributed by atoms with Crippen molar-refractivity contribution < 1.29 is 14.3 Å². The van der Waals surface area contributed by atoms with Crippen LogP contribution in [0.15, 0.2) is 18.3 Å². The largest absolute Gasteiger partial charge is 0.462 e. The first-order valence-electron chi connectivity index (χ1n) is 8.72. The number of aryl methyl sites for hydroxylation is 1. The maximum atomic E-state index is 12.6. The van der Waals surface area contributed by atoms with Crippen LogP contribution < -0.4 is 10.2 Å². The van der Waals surface area contributed by atoms with Gasteiger partial charge in [-0.2, -0.15) is 0 Å². The molecular weight excluding hydrogens is 350 g/mol. The van der Waals surface area contributed by atoms with Crippen LogP contribution in [0, 0.1) is 13.8 Å². The highest BCUT2D eigenvalue weighted by atomic mass is 32.1. The molecule has 6 nitrogen and oxygen atoms in total. The van der Waals surface area contributed by atoms with E-state index in [2.05, 4.69) is 29.0 Å². The molecule has 0 bridgehead atoms. The fourth-order valence-electron chi connectivity index (χ4n) is 2.59. The highest BCUT2D eigenvalue weighted by Crippen LogP contribution is 2.33. The van der Waals surface area contributed by atoms with Crippen LogP contribution in [-0.4, -0.2) is 36.6 Å². The van der Waals surface area contributed by atoms with Gasteiger partial charge in [0, 0.05) is 24.2 Å². The van der Waals surface area contributed by atoms with Gasteiger partial charge in [0.2, 0.25) is 0 Å². The number of anilines is 2. The zero-order valence-electron chi connectivity index (χ0n) is 15.9. The van der Waals surface area contributed by atoms with E-state index in [4.69, 9.17) is 4.74 Å². The molecule has 0 spiro atoms. The standard InChI is InChI=1S/C19H25N3O3S/c1-6-22(7-2)15-10-9-14(11-20-15)17(23)21-18-16(19(24)25-8-3)12(4)13(5)26-18/h9-11H,6-8H2,1-5H3,(H,21,23). The number of carbonyl (C=O) groups is 2. The van der Waals surface area contributed by atoms with E-state index in [0.717, 1.165) is 29.3 Å². The van der Waals surface area contributed by atoms with E-state index < -0.39 is 5.97 Å². The molecular formula is C19H25N3O3S. The van der Waals surface area contributed by atoms with Gasteiger partial charge in [0.1, 0.15) is 10.8 Å². The number of hydrogen-bond donors (Lipinski definition) is 1. The van der Waals surface area contributed by atoms with Crippen LogP contribution in [0.1, 0.15) is 51.9 Å². The average Bonchev–Trinajstić information content (AvgIpc) is 2.90. The maximum absolute atomic E-state index is 12.6. The van der Waals surface area contributed by atoms with Crippen LogP contribution in [0.4, 0.5) is 10.8 Å². The van der Waals surface area contributed by atoms with Gasteiger partial charge in [-0.15, -0.1) is 11.3 Å². The number of ether oxygens (including phenoxy) is 1. The molecule has 26 heavy (non-hydrogen) atoms. The summed E-state index contributed by atoms with van der Waals surface area (Å²) in [4.78, 5) is 32.2. The van der Waals surface area contributed by atoms with E-state index in [1.807, 2.05) is 19.9 Å². The van der Waals surface area contributed by atoms with Crippen LogP contribution in [0.3, 0.4) is 0 Å². The Hall–Kier alpha value is -2.41. The highest BCUT2D eigenvalue weighted by molar-refractivity contribution is 7.16. The smallest absolute Gasteiger partial charge is 0.341 e. The van der Waals surface area contributed by atoms with E-state index in [1.165, 1.54) is 11.3 Å². The van der Waals surface area contributed by atoms with E-state index in [1.54, 1.807) is 19.2 Å². The predicted octanol–water partition coefficient (Wildman–Crippen LogP) is 4.04. The Morgan fingerprint density at radius 1 is 1.19 bits per heavy atom. The molecule has 0 aliphatic heterocycles. The number of aromatic nitrogens is 1. The van der Waals surface area contributed by atoms with Gasteiger partial charge in [-0.05, 0) is 52.3 Å². The van der Waals surface area contributed by atoms with E-state index in [-0.39, 0.29) is 12.5 Å². The SMILES string of the molecule is CCOC(=O)c1c(NC(=O)c2ccc(N(CC)CC)nc2)sc(C)c1C. The molecule has 0 saturated heterocycles. The highest BCUT2D eigenvalue weighted by Gasteiger charge is 2.22. The first-order valence-corrected chi connectivity index (χ1v) is 9.53. The third-order valence-corrected chi connectivity index (χ3v) is 5.31. The Balaban J connectivity index is 2.22. The molecule has 0 fully saturated rings. The van der Waals surface area contributed by atoms with Crippen molar-refractivity contribution in [1.29, 1.82) is 0 Å². The van der Waals surface area contributed by atoms with Crippen molar-refractivity contribution >= 4 is 34.0 Å². The lowest BCUT2D eigenvalue weighted by Crippen LogP contribution is -2.23. The Morgan fingerprint density at radius 2 is 1.88 bits per heavy atom. The normalized spacial score (nSPS) is 10.5. The number of nitrogens with one attached hydrogen (secondary N) is 1. The molecule has 2 aromatic heterocycles. The molecule has 0 aliphatic rings. The Labute approximate surface area is 158 Å². The van der Waals surface area contributed by atoms with Crippen LogP contribution in [0.2, 0.25) is 0 Å². The molecule has 2 aromatic rings. The second-order valence-electron chi connectivity index (χ2n) is 5.74. The summed E-state index contributed by atoms with van der Waals surface area (Å²) >= 11 is 1.37. The van der Waals surface area contributed by atoms with Gasteiger partial charge < -0.3 is 15.0 Å². The first kappa shape index (κ1) is 19.9. The molecule has 2 heterocycles. The fraction of sp³-hybridized carbons (Fsp3) is 0.421. The lowest BCUT2D eigenvalue weighted by molar-refractivity contribution is 0.0527. The number of nitrogens with zero attached hydrogens (tertiary/aromatic N) is 2. The zero-order chi connectivity index (χ0) is 19.3. The van der Waals surface area contributed by atoms with Gasteiger partial charge in [0.25, 0.3) is 5.91 Å². The first-order chi connectivity index (χ1) is 12.4. The number of hydrogen-bond acceptors (Lipinski definition) is 6. The molecule has 0 aromatic carbocycles. The monoisotopic (exact) mass is 375 g/mol. The van der Waals surface area contributed by atoms with Crippen molar-refractivity contribution in [2.75, 3.05) is 29.9 Å². The summed E-state index contributed by atoms with van der Waals surface area (Å²) in [7, 11) is 0. The zero-order valence-corrected chi connectivity index (χ0v) is 16.7. The van der Waals surface area contributed by atoms with Gasteiger partial charge in [0.15, 0.2) is 0 Å². The molecule has 7 heteroatoms. The number of carbonyl (C=O) groups excluding carboxylic acids is 2. The van der Waals surface area contributed by atoms with Crippen LogP contribution in [0.25, 0.3) is 0 Å². The van der Waals surface area contributed by atoms with Crippen molar-refractivity contribution in [3.8, 4) is 0 Å². The van der Waals surface area contributed by atoms with Crippen LogP contribution in [-0.2, 0) is 4.74 Å². The van der Waals surface area contributed by atoms with Crippen molar-refractivity contribution in [2.24, 2.45) is 0 Å². The minimum absolute atomic E-state index is 0.289. The summed E-state index contributed by atoms with van der Waals surface area (Å²) < 4.78 is 5.12. The van der Waals surface area contributed by atoms with Gasteiger partial charge >= 0.3 is 5.97 Å². The van der Waals surface area contributed by atoms with Crippen molar-refractivity contribution in [3.05, 3.63) is 39.9 Å². The minimum atomic E-state index is -0.417.